The highest BCUT2D eigenvalue weighted by Gasteiger charge is 2.40. The number of hydrogen-bond acceptors (Lipinski definition) is 18. The van der Waals surface area contributed by atoms with E-state index >= 15 is 0 Å². The Kier molecular flexibility index (Phi) is 40.0. The number of β-amino-alcohol motifs (C(OH)–C–C–N with tert-alkyl or cyclic N) is 2. The number of carbonyl (C=O) groups excluding carboxylic acids is 2. The van der Waals surface area contributed by atoms with Crippen molar-refractivity contribution in [1.29, 1.82) is 0 Å². The fourth-order valence-electron chi connectivity index (χ4n) is 19.3. The first-order valence-corrected chi connectivity index (χ1v) is 54.9. The number of hydrogen-bond donors (Lipinski definition) is 8. The minimum atomic E-state index is -4.61. The fourth-order valence-corrected chi connectivity index (χ4v) is 26.1. The van der Waals surface area contributed by atoms with E-state index in [0.717, 1.165) is 142 Å². The van der Waals surface area contributed by atoms with E-state index in [2.05, 4.69) is 110 Å². The van der Waals surface area contributed by atoms with Crippen molar-refractivity contribution in [2.24, 2.45) is 5.73 Å². The molecule has 6 fully saturated rings. The Bertz CT molecular complexity index is 5580. The Morgan fingerprint density at radius 3 is 1.64 bits per heavy atom. The van der Waals surface area contributed by atoms with Crippen molar-refractivity contribution in [2.75, 3.05) is 87.9 Å². The van der Waals surface area contributed by atoms with E-state index in [1.54, 1.807) is 49.5 Å². The summed E-state index contributed by atoms with van der Waals surface area (Å²) < 4.78 is 151. The van der Waals surface area contributed by atoms with Crippen LogP contribution in [0.2, 0.25) is 5.02 Å². The number of nitrogens with one attached hydrogen (secondary N) is 5. The Hall–Kier alpha value is -7.52. The quantitative estimate of drug-likeness (QED) is 0.0207. The lowest BCUT2D eigenvalue weighted by atomic mass is 9.91. The number of aliphatic hydroxyl groups excluding tert-OH is 2. The second-order valence-electron chi connectivity index (χ2n) is 37.3. The maximum Gasteiger partial charge on any atom is 0.417 e. The van der Waals surface area contributed by atoms with Crippen molar-refractivity contribution in [2.45, 2.75) is 271 Å². The number of likely N-dealkylation sites (N-methyl/N-ethyl adjacent to an activating group) is 1. The number of likely N-dealkylation sites (tertiary alicyclic amines) is 4. The van der Waals surface area contributed by atoms with Crippen LogP contribution in [0.4, 0.5) is 24.5 Å². The number of aliphatic hydroxyl groups is 2. The van der Waals surface area contributed by atoms with E-state index in [1.165, 1.54) is 76.7 Å². The highest BCUT2D eigenvalue weighted by Crippen LogP contribution is 2.40. The van der Waals surface area contributed by atoms with Gasteiger partial charge in [0.15, 0.2) is 9.84 Å². The van der Waals surface area contributed by atoms with Crippen molar-refractivity contribution in [3.63, 3.8) is 0 Å². The molecule has 7 aliphatic rings. The number of para-hydroxylation sites is 2. The average molecular weight is 2030 g/mol. The maximum absolute atomic E-state index is 13.2. The van der Waals surface area contributed by atoms with Gasteiger partial charge in [0.1, 0.15) is 0 Å². The molecule has 6 aliphatic heterocycles. The van der Waals surface area contributed by atoms with Gasteiger partial charge in [-0.2, -0.15) is 43.8 Å². The number of sulfone groups is 1. The number of rotatable bonds is 30. The van der Waals surface area contributed by atoms with Gasteiger partial charge in [0, 0.05) is 129 Å². The highest BCUT2D eigenvalue weighted by atomic mass is 79.9. The Balaban J connectivity index is 0.000000163. The minimum absolute atomic E-state index is 0.00896. The molecule has 4 unspecified atom stereocenters. The van der Waals surface area contributed by atoms with Gasteiger partial charge in [-0.05, 0) is 251 Å². The number of fused-ring (bicyclic) bond motifs is 2. The molecule has 34 heteroatoms. The maximum atomic E-state index is 13.2. The van der Waals surface area contributed by atoms with E-state index < -0.39 is 75.2 Å². The molecule has 6 heterocycles. The molecule has 9 N–H and O–H groups in total. The lowest BCUT2D eigenvalue weighted by Crippen LogP contribution is -2.51. The summed E-state index contributed by atoms with van der Waals surface area (Å²) in [5.41, 5.74) is 9.92. The number of halogens is 5. The van der Waals surface area contributed by atoms with E-state index in [9.17, 15) is 66.6 Å². The van der Waals surface area contributed by atoms with E-state index in [4.69, 9.17) is 17.3 Å². The van der Waals surface area contributed by atoms with Gasteiger partial charge in [-0.15, -0.1) is 0 Å². The molecule has 740 valence electrons. The molecule has 1 saturated carbocycles. The molecule has 0 bridgehead atoms. The minimum Gasteiger partial charge on any atom is -0.390 e. The number of nitrogens with zero attached hydrogens (tertiary/aromatic N) is 7. The zero-order chi connectivity index (χ0) is 97.5. The van der Waals surface area contributed by atoms with Gasteiger partial charge < -0.3 is 36.8 Å². The van der Waals surface area contributed by atoms with Crippen molar-refractivity contribution in [1.82, 2.24) is 49.3 Å². The molecular formula is C101H140BrClF3N13O12S4. The molecule has 1 aliphatic carbocycles. The van der Waals surface area contributed by atoms with Crippen LogP contribution in [0.5, 0.6) is 0 Å². The third-order valence-electron chi connectivity index (χ3n) is 27.4. The van der Waals surface area contributed by atoms with Crippen LogP contribution < -0.4 is 39.7 Å². The van der Waals surface area contributed by atoms with Crippen LogP contribution in [0, 0.1) is 0 Å². The van der Waals surface area contributed by atoms with Crippen LogP contribution in [0.1, 0.15) is 219 Å². The third kappa shape index (κ3) is 30.0. The summed E-state index contributed by atoms with van der Waals surface area (Å²) in [6.07, 6.45) is 14.8. The topological polar surface area (TPSA) is 320 Å². The predicted octanol–water partition coefficient (Wildman–Crippen LogP) is 16.2. The van der Waals surface area contributed by atoms with E-state index in [0.29, 0.717) is 82.9 Å². The molecule has 0 aromatic heterocycles. The second kappa shape index (κ2) is 50.0. The largest absolute Gasteiger partial charge is 0.417 e. The Labute approximate surface area is 813 Å². The van der Waals surface area contributed by atoms with Gasteiger partial charge in [0.2, 0.25) is 10.0 Å². The van der Waals surface area contributed by atoms with Crippen LogP contribution in [0.25, 0.3) is 10.8 Å². The van der Waals surface area contributed by atoms with Crippen molar-refractivity contribution in [3.8, 4) is 0 Å². The first-order chi connectivity index (χ1) is 64.2. The Morgan fingerprint density at radius 1 is 0.556 bits per heavy atom. The molecule has 135 heavy (non-hydrogen) atoms. The molecule has 8 aromatic carbocycles. The van der Waals surface area contributed by atoms with Crippen LogP contribution in [-0.2, 0) is 52.9 Å². The van der Waals surface area contributed by atoms with Crippen LogP contribution in [0.3, 0.4) is 0 Å². The number of sulfonamides is 1. The summed E-state index contributed by atoms with van der Waals surface area (Å²) in [6, 6.07) is 59.6. The van der Waals surface area contributed by atoms with Crippen molar-refractivity contribution < 1.29 is 66.6 Å². The smallest absolute Gasteiger partial charge is 0.390 e. The first-order valence-electron chi connectivity index (χ1n) is 47.8. The SMILES string of the molecule is CN1CCCCC1C(NC(=O)c1ccc(S(=O)(=O)N(C)C2CC2)c(Br)c1)c1ccccc1.C[C@@H]1CCC[C@H](C)N1C[C@@H](N)CCS(=O)(=O)c1cccc2ccccc12.C[C@@H]1CCC[C@H](C)N1C[C@@H](O)CNS(=O)(=O)N(C)c1ccccc1.C[C@@H]1CCC[C@H](C)N1C[C@@H](O)CNS(=O)(=O)N1CCCc2ccccc21.O=C(NC(c1ccccc1)C1CCCCN1)c1cccc(C(F)(F)F)c1Cl. The number of anilines is 2. The molecule has 15 rings (SSSR count). The average Bonchev–Trinajstić information content (AvgIpc) is 1.75. The van der Waals surface area contributed by atoms with Gasteiger partial charge in [-0.1, -0.05) is 183 Å². The van der Waals surface area contributed by atoms with Gasteiger partial charge in [-0.3, -0.25) is 32.9 Å². The van der Waals surface area contributed by atoms with Crippen molar-refractivity contribution in [3.05, 3.63) is 237 Å². The van der Waals surface area contributed by atoms with Gasteiger partial charge in [0.05, 0.1) is 67.4 Å². The number of aryl methyl sites for hydroxylation is 1. The number of carbonyl (C=O) groups is 2. The molecule has 8 aromatic rings. The number of alkyl halides is 3. The van der Waals surface area contributed by atoms with E-state index in [-0.39, 0.29) is 71.5 Å². The lowest BCUT2D eigenvalue weighted by molar-refractivity contribution is -0.137. The van der Waals surface area contributed by atoms with Crippen molar-refractivity contribution >= 4 is 102 Å². The van der Waals surface area contributed by atoms with Gasteiger partial charge in [0.25, 0.3) is 11.8 Å². The summed E-state index contributed by atoms with van der Waals surface area (Å²) in [5.74, 6) is -0.732. The molecule has 0 spiro atoms. The van der Waals surface area contributed by atoms with Crippen LogP contribution in [-0.4, -0.2) is 231 Å². The number of nitrogens with two attached hydrogens (primary N) is 1. The highest BCUT2D eigenvalue weighted by molar-refractivity contribution is 9.10. The molecule has 13 atom stereocenters. The zero-order valence-electron chi connectivity index (χ0n) is 79.3. The first kappa shape index (κ1) is 108. The molecular weight excluding hydrogens is 1890 g/mol. The lowest BCUT2D eigenvalue weighted by Gasteiger charge is -2.40. The zero-order valence-corrected chi connectivity index (χ0v) is 84.9. The second-order valence-corrected chi connectivity index (χ2v) is 46.1. The normalized spacial score (nSPS) is 22.3. The summed E-state index contributed by atoms with van der Waals surface area (Å²) in [7, 11) is -9.04. The van der Waals surface area contributed by atoms with Gasteiger partial charge >= 0.3 is 26.6 Å². The molecule has 2 amide bonds. The predicted molar refractivity (Wildman–Crippen MR) is 538 cm³/mol. The molecule has 5 saturated heterocycles. The van der Waals surface area contributed by atoms with Crippen LogP contribution in [0.15, 0.2) is 208 Å². The summed E-state index contributed by atoms with van der Waals surface area (Å²) in [6.45, 7) is 17.3. The molecule has 25 nitrogen and oxygen atoms in total. The number of piperidine rings is 5. The summed E-state index contributed by atoms with van der Waals surface area (Å²) in [4.78, 5) is 35.9. The van der Waals surface area contributed by atoms with Gasteiger partial charge in [-0.25, -0.2) is 16.8 Å². The Morgan fingerprint density at radius 2 is 1.07 bits per heavy atom. The van der Waals surface area contributed by atoms with Crippen LogP contribution >= 0.6 is 27.5 Å². The monoisotopic (exact) mass is 2030 g/mol. The van der Waals surface area contributed by atoms with E-state index in [1.807, 2.05) is 127 Å². The third-order valence-corrected chi connectivity index (χ3v) is 35.5. The molecule has 0 radical (unpaired) electrons. The number of amides is 2. The fraction of sp³-hybridized carbons (Fsp3) is 0.525. The summed E-state index contributed by atoms with van der Waals surface area (Å²) in [5, 5.41) is 31.3. The number of benzene rings is 8. The summed E-state index contributed by atoms with van der Waals surface area (Å²) >= 11 is 9.30. The standard InChI is InChI=1S/C24H30BrN3O3S.C21H30N2O2S.C20H20ClF3N2O.C19H31N3O3S.C17H29N3O3S/c1-27-15-7-6-10-21(27)23(17-8-4-3-5-9-17)26-24(29)18-11-14-22(20(25)16-18)32(30,31)28(2)19-12-13-19;1-16-7-5-8-17(2)23(16)15-19(22)13-14-26(24,25)21-12-6-10-18-9-3-4-11-20(18)21;21-17-14(9-6-10-15(17)20(22,23)24)19(27)26-18(13-7-2-1-3-8-13)16-11-4-5-12-25-16;1-15-7-5-8-16(2)21(15)14-18(23)13-20-26(24,25)22-12-6-10-17-9-3-4-11-19(17)22;1-14-8-7-9-15(2)20(14)13-17(21)12-18-24(22,23)19(3)16-10-5-4-6-11-16/h3-5,8-9,11,14,16,19,21,23H,6-7,10,12-13,15H2,1-2H3,(H,26,29);3-4,6,9-12,16-17,19H,5,7-8,13-15,22H2,1-2H3;1-3,6-10,16,18,25H,4-5,11-12H2,(H,26,27);3-4,9,11,15-16,18,20,23H,5-8,10,12-14H2,1-2H3;4-6,10-11,14-15,17-18,21H,7-9,12-13H2,1-3H3/t;16-,17+,19-;;15-,16+,18-;14-,15+,17-/m.0.00/s1.